The molecule has 0 bridgehead atoms. The Bertz CT molecular complexity index is 1010. The smallest absolute Gasteiger partial charge is 0.179 e. The van der Waals surface area contributed by atoms with E-state index in [0.29, 0.717) is 23.6 Å². The van der Waals surface area contributed by atoms with Crippen molar-refractivity contribution in [1.29, 1.82) is 0 Å². The Balaban J connectivity index is 1.88. The fraction of sp³-hybridized carbons (Fsp3) is 0.250. The van der Waals surface area contributed by atoms with Crippen LogP contribution < -0.4 is 11.5 Å². The molecule has 0 saturated heterocycles. The normalized spacial score (nSPS) is 12.8. The molecule has 0 saturated carbocycles. The minimum atomic E-state index is -0.489. The van der Waals surface area contributed by atoms with Crippen LogP contribution in [0, 0.1) is 0 Å². The Morgan fingerprint density at radius 1 is 0.875 bits per heavy atom. The summed E-state index contributed by atoms with van der Waals surface area (Å²) in [6.45, 7) is 4.44. The quantitative estimate of drug-likeness (QED) is 0.167. The summed E-state index contributed by atoms with van der Waals surface area (Å²) in [5.74, 6) is 0.0119. The molecule has 0 spiro atoms. The van der Waals surface area contributed by atoms with E-state index in [0.717, 1.165) is 30.4 Å². The highest BCUT2D eigenvalue weighted by Gasteiger charge is 2.19. The molecular formula is C28H31ClN2O. The van der Waals surface area contributed by atoms with Gasteiger partial charge in [-0.15, -0.1) is 6.58 Å². The van der Waals surface area contributed by atoms with Crippen molar-refractivity contribution >= 4 is 17.4 Å². The zero-order chi connectivity index (χ0) is 22.9. The van der Waals surface area contributed by atoms with Crippen LogP contribution in [0.4, 0.5) is 0 Å². The molecule has 1 unspecified atom stereocenters. The molecule has 3 rings (SSSR count). The van der Waals surface area contributed by atoms with Gasteiger partial charge < -0.3 is 11.5 Å². The van der Waals surface area contributed by atoms with Gasteiger partial charge in [0.15, 0.2) is 5.78 Å². The molecule has 3 aromatic carbocycles. The van der Waals surface area contributed by atoms with Gasteiger partial charge in [-0.3, -0.25) is 4.79 Å². The van der Waals surface area contributed by atoms with Gasteiger partial charge >= 0.3 is 0 Å². The van der Waals surface area contributed by atoms with Gasteiger partial charge in [-0.05, 0) is 60.2 Å². The number of carbonyl (C=O) groups excluding carboxylic acids is 1. The number of hydrogen-bond acceptors (Lipinski definition) is 3. The summed E-state index contributed by atoms with van der Waals surface area (Å²) in [7, 11) is 0. The molecule has 0 aliphatic rings. The third-order valence-corrected chi connectivity index (χ3v) is 5.98. The maximum atomic E-state index is 12.7. The predicted molar refractivity (Wildman–Crippen MR) is 134 cm³/mol. The minimum Gasteiger partial charge on any atom is -0.330 e. The van der Waals surface area contributed by atoms with E-state index in [4.69, 9.17) is 23.1 Å². The average molecular weight is 447 g/mol. The lowest BCUT2D eigenvalue weighted by Gasteiger charge is -2.20. The Kier molecular flexibility index (Phi) is 8.81. The summed E-state index contributed by atoms with van der Waals surface area (Å²) < 4.78 is 0. The van der Waals surface area contributed by atoms with E-state index in [1.165, 1.54) is 11.1 Å². The second-order valence-corrected chi connectivity index (χ2v) is 8.53. The van der Waals surface area contributed by atoms with E-state index in [1.54, 1.807) is 0 Å². The van der Waals surface area contributed by atoms with Gasteiger partial charge in [0.25, 0.3) is 0 Å². The fourth-order valence-electron chi connectivity index (χ4n) is 3.94. The van der Waals surface area contributed by atoms with Gasteiger partial charge in [0.1, 0.15) is 0 Å². The number of allylic oxidation sites excluding steroid dienone is 1. The lowest BCUT2D eigenvalue weighted by Crippen LogP contribution is -2.30. The van der Waals surface area contributed by atoms with Crippen LogP contribution in [-0.2, 0) is 6.42 Å². The highest BCUT2D eigenvalue weighted by atomic mass is 35.5. The van der Waals surface area contributed by atoms with Gasteiger partial charge in [0.2, 0.25) is 0 Å². The Hall–Kier alpha value is -2.72. The van der Waals surface area contributed by atoms with Crippen molar-refractivity contribution in [2.24, 2.45) is 11.5 Å². The Labute approximate surface area is 196 Å². The standard InChI is InChI=1S/C28H31ClN2O/c1-2-5-20-7-9-21(10-8-20)27(23-15-17-25(29)18-16-23)22-11-13-24(14-12-22)28(32)26(31)6-3-4-19-30/h2,7-18,26-27H,1,3-6,19,30-31H2/t26-,27?/m0/s1. The van der Waals surface area contributed by atoms with Crippen LogP contribution in [0.1, 0.15) is 57.8 Å². The number of nitrogens with two attached hydrogens (primary N) is 2. The first-order chi connectivity index (χ1) is 15.5. The van der Waals surface area contributed by atoms with E-state index < -0.39 is 6.04 Å². The van der Waals surface area contributed by atoms with E-state index >= 15 is 0 Å². The number of ketones is 1. The van der Waals surface area contributed by atoms with E-state index in [1.807, 2.05) is 42.5 Å². The topological polar surface area (TPSA) is 69.1 Å². The monoisotopic (exact) mass is 446 g/mol. The molecule has 32 heavy (non-hydrogen) atoms. The zero-order valence-corrected chi connectivity index (χ0v) is 19.1. The van der Waals surface area contributed by atoms with Crippen LogP contribution in [0.25, 0.3) is 0 Å². The second kappa shape index (κ2) is 11.8. The fourth-order valence-corrected chi connectivity index (χ4v) is 4.07. The number of hydrogen-bond donors (Lipinski definition) is 2. The molecule has 2 atom stereocenters. The van der Waals surface area contributed by atoms with Crippen LogP contribution in [0.2, 0.25) is 5.02 Å². The molecule has 4 heteroatoms. The Morgan fingerprint density at radius 2 is 1.41 bits per heavy atom. The predicted octanol–water partition coefficient (Wildman–Crippen LogP) is 5.89. The number of benzene rings is 3. The lowest BCUT2D eigenvalue weighted by atomic mass is 9.84. The van der Waals surface area contributed by atoms with Crippen LogP contribution >= 0.6 is 11.6 Å². The first-order valence-electron chi connectivity index (χ1n) is 11.1. The van der Waals surface area contributed by atoms with Crippen molar-refractivity contribution in [3.63, 3.8) is 0 Å². The van der Waals surface area contributed by atoms with Crippen LogP contribution in [0.3, 0.4) is 0 Å². The molecule has 0 fully saturated rings. The van der Waals surface area contributed by atoms with Gasteiger partial charge in [-0.25, -0.2) is 0 Å². The molecule has 0 aromatic heterocycles. The van der Waals surface area contributed by atoms with Gasteiger partial charge in [0.05, 0.1) is 6.04 Å². The van der Waals surface area contributed by atoms with Crippen LogP contribution in [-0.4, -0.2) is 18.4 Å². The van der Waals surface area contributed by atoms with Gasteiger partial charge in [-0.1, -0.05) is 84.8 Å². The zero-order valence-electron chi connectivity index (χ0n) is 18.3. The number of unbranched alkanes of at least 4 members (excludes halogenated alkanes) is 1. The van der Waals surface area contributed by atoms with E-state index in [2.05, 4.69) is 43.0 Å². The molecule has 0 heterocycles. The molecule has 4 N–H and O–H groups in total. The van der Waals surface area contributed by atoms with E-state index in [9.17, 15) is 4.79 Å². The highest BCUT2D eigenvalue weighted by molar-refractivity contribution is 6.30. The van der Waals surface area contributed by atoms with E-state index in [-0.39, 0.29) is 11.7 Å². The number of rotatable bonds is 11. The van der Waals surface area contributed by atoms with Gasteiger partial charge in [0, 0.05) is 16.5 Å². The third-order valence-electron chi connectivity index (χ3n) is 5.73. The molecule has 3 aromatic rings. The lowest BCUT2D eigenvalue weighted by molar-refractivity contribution is 0.0956. The first kappa shape index (κ1) is 23.9. The summed E-state index contributed by atoms with van der Waals surface area (Å²) in [6.07, 6.45) is 5.15. The minimum absolute atomic E-state index is 0.0228. The SMILES string of the molecule is C=CCc1ccc(C(c2ccc(Cl)cc2)c2ccc(C(=O)[C@@H](N)CCCCN)cc2)cc1. The summed E-state index contributed by atoms with van der Waals surface area (Å²) in [5.41, 5.74) is 16.9. The molecule has 0 aliphatic carbocycles. The molecular weight excluding hydrogens is 416 g/mol. The maximum absolute atomic E-state index is 12.7. The van der Waals surface area contributed by atoms with Crippen molar-refractivity contribution < 1.29 is 4.79 Å². The molecule has 0 aliphatic heterocycles. The summed E-state index contributed by atoms with van der Waals surface area (Å²) in [4.78, 5) is 12.7. The number of halogens is 1. The maximum Gasteiger partial charge on any atom is 0.179 e. The van der Waals surface area contributed by atoms with Crippen LogP contribution in [0.15, 0.2) is 85.5 Å². The van der Waals surface area contributed by atoms with Crippen molar-refractivity contribution in [1.82, 2.24) is 0 Å². The molecule has 0 amide bonds. The summed E-state index contributed by atoms with van der Waals surface area (Å²) in [6, 6.07) is 23.8. The third kappa shape index (κ3) is 6.17. The van der Waals surface area contributed by atoms with Crippen molar-refractivity contribution in [2.45, 2.75) is 37.6 Å². The van der Waals surface area contributed by atoms with Crippen LogP contribution in [0.5, 0.6) is 0 Å². The second-order valence-electron chi connectivity index (χ2n) is 8.10. The summed E-state index contributed by atoms with van der Waals surface area (Å²) >= 11 is 6.13. The van der Waals surface area contributed by atoms with Gasteiger partial charge in [-0.2, -0.15) is 0 Å². The Morgan fingerprint density at radius 3 is 1.94 bits per heavy atom. The number of carbonyl (C=O) groups is 1. The molecule has 3 nitrogen and oxygen atoms in total. The van der Waals surface area contributed by atoms with Crippen molar-refractivity contribution in [3.05, 3.63) is 118 Å². The largest absolute Gasteiger partial charge is 0.330 e. The van der Waals surface area contributed by atoms with Crippen molar-refractivity contribution in [3.8, 4) is 0 Å². The highest BCUT2D eigenvalue weighted by Crippen LogP contribution is 2.33. The number of Topliss-reactive ketones (excluding diaryl/α,β-unsaturated/α-hetero) is 1. The molecule has 166 valence electrons. The summed E-state index contributed by atoms with van der Waals surface area (Å²) in [5, 5.41) is 0.707. The van der Waals surface area contributed by atoms with Crippen molar-refractivity contribution in [2.75, 3.05) is 6.54 Å². The molecule has 0 radical (unpaired) electrons. The first-order valence-corrected chi connectivity index (χ1v) is 11.5. The average Bonchev–Trinajstić information content (AvgIpc) is 2.82.